The van der Waals surface area contributed by atoms with E-state index in [2.05, 4.69) is 4.98 Å². The lowest BCUT2D eigenvalue weighted by molar-refractivity contribution is 0.00306. The van der Waals surface area contributed by atoms with Gasteiger partial charge in [-0.1, -0.05) is 18.2 Å². The molecule has 1 heterocycles. The van der Waals surface area contributed by atoms with Gasteiger partial charge in [-0.2, -0.15) is 0 Å². The summed E-state index contributed by atoms with van der Waals surface area (Å²) in [6.45, 7) is 5.88. The molecule has 18 heavy (non-hydrogen) atoms. The maximum absolute atomic E-state index is 12.0. The van der Waals surface area contributed by atoms with E-state index in [9.17, 15) is 4.79 Å². The Labute approximate surface area is 107 Å². The van der Waals surface area contributed by atoms with Crippen LogP contribution in [0.3, 0.4) is 0 Å². The molecule has 94 valence electrons. The number of hydrogen-bond donors (Lipinski definition) is 0. The minimum Gasteiger partial charge on any atom is -0.368 e. The number of carbonyl (C=O) groups excluding carboxylic acids is 1. The molecule has 0 aliphatic rings. The molecule has 0 bridgehead atoms. The van der Waals surface area contributed by atoms with Gasteiger partial charge in [0.15, 0.2) is 5.78 Å². The van der Waals surface area contributed by atoms with Crippen molar-refractivity contribution in [2.45, 2.75) is 26.4 Å². The average Bonchev–Trinajstić information content (AvgIpc) is 2.34. The molecule has 0 spiro atoms. The van der Waals surface area contributed by atoms with Crippen LogP contribution in [0.1, 0.15) is 31.1 Å². The van der Waals surface area contributed by atoms with E-state index >= 15 is 0 Å². The van der Waals surface area contributed by atoms with Gasteiger partial charge in [0.05, 0.1) is 11.1 Å². The van der Waals surface area contributed by atoms with E-state index in [0.717, 1.165) is 10.9 Å². The first-order valence-electron chi connectivity index (χ1n) is 5.98. The molecule has 3 heteroatoms. The second-order valence-electron chi connectivity index (χ2n) is 5.24. The van der Waals surface area contributed by atoms with Crippen molar-refractivity contribution in [1.82, 2.24) is 4.98 Å². The van der Waals surface area contributed by atoms with Gasteiger partial charge in [-0.3, -0.25) is 9.78 Å². The minimum absolute atomic E-state index is 0.0387. The number of aromatic nitrogens is 1. The van der Waals surface area contributed by atoms with Gasteiger partial charge >= 0.3 is 0 Å². The summed E-state index contributed by atoms with van der Waals surface area (Å²) in [5.74, 6) is -0.0387. The molecule has 2 aromatic rings. The fourth-order valence-corrected chi connectivity index (χ4v) is 1.59. The van der Waals surface area contributed by atoms with Crippen LogP contribution in [0.2, 0.25) is 0 Å². The lowest BCUT2D eigenvalue weighted by atomic mass is 10.1. The van der Waals surface area contributed by atoms with Crippen molar-refractivity contribution >= 4 is 16.7 Å². The zero-order valence-corrected chi connectivity index (χ0v) is 10.9. The van der Waals surface area contributed by atoms with E-state index in [1.54, 1.807) is 6.20 Å². The highest BCUT2D eigenvalue weighted by Gasteiger charge is 2.14. The highest BCUT2D eigenvalue weighted by molar-refractivity contribution is 5.99. The number of ether oxygens (including phenoxy) is 1. The molecule has 2 rings (SSSR count). The maximum Gasteiger partial charge on any atom is 0.190 e. The summed E-state index contributed by atoms with van der Waals surface area (Å²) < 4.78 is 5.48. The number of pyridine rings is 1. The van der Waals surface area contributed by atoms with Crippen LogP contribution in [0.15, 0.2) is 36.5 Å². The molecular formula is C15H17NO2. The third kappa shape index (κ3) is 3.14. The van der Waals surface area contributed by atoms with Crippen LogP contribution in [0.5, 0.6) is 0 Å². The quantitative estimate of drug-likeness (QED) is 0.777. The van der Waals surface area contributed by atoms with Crippen molar-refractivity contribution in [3.05, 3.63) is 42.1 Å². The van der Waals surface area contributed by atoms with Crippen LogP contribution in [0.4, 0.5) is 0 Å². The molecule has 0 radical (unpaired) electrons. The van der Waals surface area contributed by atoms with Gasteiger partial charge in [-0.15, -0.1) is 0 Å². The zero-order chi connectivity index (χ0) is 13.2. The number of ketones is 1. The smallest absolute Gasteiger partial charge is 0.190 e. The molecule has 3 nitrogen and oxygen atoms in total. The Morgan fingerprint density at radius 3 is 2.72 bits per heavy atom. The van der Waals surface area contributed by atoms with Crippen LogP contribution in [-0.4, -0.2) is 23.0 Å². The molecule has 0 fully saturated rings. The van der Waals surface area contributed by atoms with Gasteiger partial charge in [-0.25, -0.2) is 0 Å². The molecule has 0 saturated carbocycles. The highest BCUT2D eigenvalue weighted by atomic mass is 16.5. The van der Waals surface area contributed by atoms with Crippen LogP contribution < -0.4 is 0 Å². The number of benzene rings is 1. The predicted molar refractivity (Wildman–Crippen MR) is 71.8 cm³/mol. The Balaban J connectivity index is 2.18. The number of Topliss-reactive ketones (excluding diaryl/α,β-unsaturated/α-hetero) is 1. The first kappa shape index (κ1) is 12.7. The fourth-order valence-electron chi connectivity index (χ4n) is 1.59. The van der Waals surface area contributed by atoms with Crippen LogP contribution in [0.25, 0.3) is 10.9 Å². The molecule has 0 unspecified atom stereocenters. The standard InChI is InChI=1S/C15H17NO2/c1-15(2,3)18-10-14(17)12-8-11-6-4-5-7-13(11)16-9-12/h4-9H,10H2,1-3H3. The first-order chi connectivity index (χ1) is 8.46. The van der Waals surface area contributed by atoms with Gasteiger partial charge in [0.1, 0.15) is 6.61 Å². The van der Waals surface area contributed by atoms with E-state index < -0.39 is 0 Å². The maximum atomic E-state index is 12.0. The SMILES string of the molecule is CC(C)(C)OCC(=O)c1cnc2ccccc2c1. The van der Waals surface area contributed by atoms with E-state index in [-0.39, 0.29) is 18.0 Å². The lowest BCUT2D eigenvalue weighted by Crippen LogP contribution is -2.23. The molecule has 0 aliphatic heterocycles. The summed E-state index contributed by atoms with van der Waals surface area (Å²) in [5, 5.41) is 0.971. The molecule has 1 aromatic carbocycles. The van der Waals surface area contributed by atoms with E-state index in [1.807, 2.05) is 51.1 Å². The van der Waals surface area contributed by atoms with Gasteiger partial charge < -0.3 is 4.74 Å². The largest absolute Gasteiger partial charge is 0.368 e. The summed E-state index contributed by atoms with van der Waals surface area (Å²) in [6, 6.07) is 9.60. The summed E-state index contributed by atoms with van der Waals surface area (Å²) in [7, 11) is 0. The Morgan fingerprint density at radius 1 is 1.28 bits per heavy atom. The summed E-state index contributed by atoms with van der Waals surface area (Å²) in [4.78, 5) is 16.2. The second-order valence-corrected chi connectivity index (χ2v) is 5.24. The number of hydrogen-bond acceptors (Lipinski definition) is 3. The molecule has 1 aromatic heterocycles. The molecule has 0 aliphatic carbocycles. The second kappa shape index (κ2) is 4.86. The van der Waals surface area contributed by atoms with Gasteiger partial charge in [0.2, 0.25) is 0 Å². The number of nitrogens with zero attached hydrogens (tertiary/aromatic N) is 1. The number of para-hydroxylation sites is 1. The Kier molecular flexibility index (Phi) is 3.43. The monoisotopic (exact) mass is 243 g/mol. The molecular weight excluding hydrogens is 226 g/mol. The minimum atomic E-state index is -0.306. The first-order valence-corrected chi connectivity index (χ1v) is 5.98. The van der Waals surface area contributed by atoms with Crippen LogP contribution >= 0.6 is 0 Å². The van der Waals surface area contributed by atoms with Crippen LogP contribution in [-0.2, 0) is 4.74 Å². The highest BCUT2D eigenvalue weighted by Crippen LogP contribution is 2.14. The molecule has 0 N–H and O–H groups in total. The summed E-state index contributed by atoms with van der Waals surface area (Å²) >= 11 is 0. The fraction of sp³-hybridized carbons (Fsp3) is 0.333. The van der Waals surface area contributed by atoms with Crippen molar-refractivity contribution < 1.29 is 9.53 Å². The van der Waals surface area contributed by atoms with Crippen molar-refractivity contribution in [1.29, 1.82) is 0 Å². The average molecular weight is 243 g/mol. The van der Waals surface area contributed by atoms with Crippen molar-refractivity contribution in [2.24, 2.45) is 0 Å². The topological polar surface area (TPSA) is 39.2 Å². The van der Waals surface area contributed by atoms with E-state index in [4.69, 9.17) is 4.74 Å². The van der Waals surface area contributed by atoms with Gasteiger partial charge in [-0.05, 0) is 32.9 Å². The number of carbonyl (C=O) groups is 1. The number of fused-ring (bicyclic) bond motifs is 1. The molecule has 0 saturated heterocycles. The zero-order valence-electron chi connectivity index (χ0n) is 10.9. The van der Waals surface area contributed by atoms with Crippen molar-refractivity contribution in [2.75, 3.05) is 6.61 Å². The van der Waals surface area contributed by atoms with Gasteiger partial charge in [0, 0.05) is 17.1 Å². The summed E-state index contributed by atoms with van der Waals surface area (Å²) in [5.41, 5.74) is 1.18. The van der Waals surface area contributed by atoms with Crippen molar-refractivity contribution in [3.8, 4) is 0 Å². The van der Waals surface area contributed by atoms with Crippen molar-refractivity contribution in [3.63, 3.8) is 0 Å². The Morgan fingerprint density at radius 2 is 2.00 bits per heavy atom. The Hall–Kier alpha value is -1.74. The third-order valence-corrected chi connectivity index (χ3v) is 2.55. The number of rotatable bonds is 3. The Bertz CT molecular complexity index is 570. The van der Waals surface area contributed by atoms with E-state index in [1.165, 1.54) is 0 Å². The van der Waals surface area contributed by atoms with E-state index in [0.29, 0.717) is 5.56 Å². The normalized spacial score (nSPS) is 11.7. The van der Waals surface area contributed by atoms with Gasteiger partial charge in [0.25, 0.3) is 0 Å². The molecule has 0 amide bonds. The lowest BCUT2D eigenvalue weighted by Gasteiger charge is -2.18. The van der Waals surface area contributed by atoms with Crippen LogP contribution in [0, 0.1) is 0 Å². The molecule has 0 atom stereocenters. The summed E-state index contributed by atoms with van der Waals surface area (Å²) in [6.07, 6.45) is 1.61. The predicted octanol–water partition coefficient (Wildman–Crippen LogP) is 3.23. The third-order valence-electron chi connectivity index (χ3n) is 2.55.